The summed E-state index contributed by atoms with van der Waals surface area (Å²) < 4.78 is 4.97. The molecule has 1 aliphatic heterocycles. The number of cyclic esters (lactones) is 1. The Morgan fingerprint density at radius 3 is 2.67 bits per heavy atom. The number of nitrogens with zero attached hydrogens (tertiary/aromatic N) is 1. The van der Waals surface area contributed by atoms with Gasteiger partial charge >= 0.3 is 6.09 Å². The number of carbonyl (C=O) groups is 2. The molecule has 2 rings (SSSR count). The molecule has 0 aliphatic carbocycles. The minimum absolute atomic E-state index is 0.235. The van der Waals surface area contributed by atoms with E-state index in [0.29, 0.717) is 6.54 Å². The molecule has 0 saturated heterocycles. The lowest BCUT2D eigenvalue weighted by molar-refractivity contribution is -0.127. The maximum absolute atomic E-state index is 11.4. The standard InChI is InChI=1S/C11H11NO3/c1-8(13)12-6-9-4-2-3-5-10(9)7-15-11(12)14/h2-5H,6-7H2,1H3. The Labute approximate surface area is 87.4 Å². The van der Waals surface area contributed by atoms with Crippen molar-refractivity contribution in [2.45, 2.75) is 20.1 Å². The van der Waals surface area contributed by atoms with E-state index in [1.165, 1.54) is 6.92 Å². The van der Waals surface area contributed by atoms with Crippen LogP contribution in [0.2, 0.25) is 0 Å². The van der Waals surface area contributed by atoms with Crippen molar-refractivity contribution in [3.05, 3.63) is 35.4 Å². The van der Waals surface area contributed by atoms with Crippen LogP contribution in [0.25, 0.3) is 0 Å². The van der Waals surface area contributed by atoms with Crippen molar-refractivity contribution in [2.75, 3.05) is 0 Å². The first-order chi connectivity index (χ1) is 7.18. The highest BCUT2D eigenvalue weighted by molar-refractivity contribution is 5.90. The second-order valence-electron chi connectivity index (χ2n) is 3.43. The molecule has 15 heavy (non-hydrogen) atoms. The summed E-state index contributed by atoms with van der Waals surface area (Å²) in [6.07, 6.45) is -0.571. The smallest absolute Gasteiger partial charge is 0.417 e. The number of hydrogen-bond acceptors (Lipinski definition) is 3. The lowest BCUT2D eigenvalue weighted by Crippen LogP contribution is -2.33. The van der Waals surface area contributed by atoms with Gasteiger partial charge in [-0.05, 0) is 11.1 Å². The zero-order valence-corrected chi connectivity index (χ0v) is 8.40. The molecular weight excluding hydrogens is 194 g/mol. The summed E-state index contributed by atoms with van der Waals surface area (Å²) in [5.41, 5.74) is 1.91. The van der Waals surface area contributed by atoms with E-state index in [-0.39, 0.29) is 12.5 Å². The molecule has 4 nitrogen and oxygen atoms in total. The molecule has 0 saturated carbocycles. The Morgan fingerprint density at radius 2 is 2.00 bits per heavy atom. The van der Waals surface area contributed by atoms with Crippen molar-refractivity contribution in [2.24, 2.45) is 0 Å². The Hall–Kier alpha value is -1.84. The van der Waals surface area contributed by atoms with Crippen LogP contribution >= 0.6 is 0 Å². The van der Waals surface area contributed by atoms with Crippen LogP contribution in [-0.4, -0.2) is 16.9 Å². The van der Waals surface area contributed by atoms with E-state index in [0.717, 1.165) is 16.0 Å². The zero-order chi connectivity index (χ0) is 10.8. The van der Waals surface area contributed by atoms with Gasteiger partial charge in [-0.3, -0.25) is 4.79 Å². The number of imide groups is 1. The average Bonchev–Trinajstić information content (AvgIpc) is 2.39. The third kappa shape index (κ3) is 1.83. The van der Waals surface area contributed by atoms with Gasteiger partial charge in [-0.15, -0.1) is 0 Å². The Morgan fingerprint density at radius 1 is 1.33 bits per heavy atom. The first kappa shape index (κ1) is 9.71. The Kier molecular flexibility index (Phi) is 2.41. The Bertz CT molecular complexity index is 414. The average molecular weight is 205 g/mol. The molecule has 1 aromatic rings. The van der Waals surface area contributed by atoms with Crippen molar-refractivity contribution >= 4 is 12.0 Å². The molecule has 78 valence electrons. The predicted molar refractivity (Wildman–Crippen MR) is 52.9 cm³/mol. The third-order valence-corrected chi connectivity index (χ3v) is 2.40. The summed E-state index contributed by atoms with van der Waals surface area (Å²) >= 11 is 0. The van der Waals surface area contributed by atoms with Gasteiger partial charge in [-0.25, -0.2) is 9.69 Å². The number of amides is 2. The van der Waals surface area contributed by atoms with E-state index >= 15 is 0 Å². The summed E-state index contributed by atoms with van der Waals surface area (Å²) in [4.78, 5) is 23.7. The van der Waals surface area contributed by atoms with Crippen LogP contribution in [-0.2, 0) is 22.7 Å². The number of rotatable bonds is 0. The first-order valence-electron chi connectivity index (χ1n) is 4.70. The van der Waals surface area contributed by atoms with E-state index in [9.17, 15) is 9.59 Å². The quantitative estimate of drug-likeness (QED) is 0.647. The van der Waals surface area contributed by atoms with Crippen LogP contribution in [0.3, 0.4) is 0 Å². The van der Waals surface area contributed by atoms with E-state index < -0.39 is 6.09 Å². The molecule has 0 spiro atoms. The SMILES string of the molecule is CC(=O)N1Cc2ccccc2COC1=O. The predicted octanol–water partition coefficient (Wildman–Crippen LogP) is 1.69. The Balaban J connectivity index is 2.35. The van der Waals surface area contributed by atoms with Crippen LogP contribution < -0.4 is 0 Å². The summed E-state index contributed by atoms with van der Waals surface area (Å²) in [5.74, 6) is -0.295. The normalized spacial score (nSPS) is 15.3. The highest BCUT2D eigenvalue weighted by Crippen LogP contribution is 2.18. The van der Waals surface area contributed by atoms with Crippen molar-refractivity contribution in [3.63, 3.8) is 0 Å². The third-order valence-electron chi connectivity index (χ3n) is 2.40. The van der Waals surface area contributed by atoms with Crippen LogP contribution in [0.1, 0.15) is 18.1 Å². The van der Waals surface area contributed by atoms with Crippen molar-refractivity contribution in [1.29, 1.82) is 0 Å². The number of benzene rings is 1. The molecule has 0 atom stereocenters. The molecule has 4 heteroatoms. The van der Waals surface area contributed by atoms with Gasteiger partial charge in [0.05, 0.1) is 6.54 Å². The van der Waals surface area contributed by atoms with Crippen molar-refractivity contribution < 1.29 is 14.3 Å². The highest BCUT2D eigenvalue weighted by atomic mass is 16.6. The monoisotopic (exact) mass is 205 g/mol. The number of ether oxygens (including phenoxy) is 1. The molecule has 0 bridgehead atoms. The van der Waals surface area contributed by atoms with Gasteiger partial charge in [-0.1, -0.05) is 24.3 Å². The lowest BCUT2D eigenvalue weighted by atomic mass is 10.1. The van der Waals surface area contributed by atoms with Gasteiger partial charge in [0, 0.05) is 6.92 Å². The van der Waals surface area contributed by atoms with Gasteiger partial charge in [0.25, 0.3) is 0 Å². The van der Waals surface area contributed by atoms with Gasteiger partial charge in [0.15, 0.2) is 0 Å². The molecule has 0 aromatic heterocycles. The number of carbonyl (C=O) groups excluding carboxylic acids is 2. The fraction of sp³-hybridized carbons (Fsp3) is 0.273. The van der Waals surface area contributed by atoms with E-state index in [1.807, 2.05) is 24.3 Å². The lowest BCUT2D eigenvalue weighted by Gasteiger charge is -2.14. The molecule has 1 aromatic carbocycles. The summed E-state index contributed by atoms with van der Waals surface area (Å²) in [7, 11) is 0. The first-order valence-corrected chi connectivity index (χ1v) is 4.70. The van der Waals surface area contributed by atoms with E-state index in [2.05, 4.69) is 0 Å². The molecule has 0 fully saturated rings. The number of fused-ring (bicyclic) bond motifs is 1. The number of hydrogen-bond donors (Lipinski definition) is 0. The van der Waals surface area contributed by atoms with Gasteiger partial charge in [0.1, 0.15) is 6.61 Å². The molecular formula is C11H11NO3. The van der Waals surface area contributed by atoms with Gasteiger partial charge < -0.3 is 4.74 Å². The maximum Gasteiger partial charge on any atom is 0.417 e. The van der Waals surface area contributed by atoms with Gasteiger partial charge in [-0.2, -0.15) is 0 Å². The molecule has 0 N–H and O–H groups in total. The summed E-state index contributed by atoms with van der Waals surface area (Å²) in [6.45, 7) is 1.89. The largest absolute Gasteiger partial charge is 0.444 e. The zero-order valence-electron chi connectivity index (χ0n) is 8.40. The van der Waals surface area contributed by atoms with E-state index in [1.54, 1.807) is 0 Å². The second-order valence-corrected chi connectivity index (χ2v) is 3.43. The van der Waals surface area contributed by atoms with Crippen LogP contribution in [0.4, 0.5) is 4.79 Å². The van der Waals surface area contributed by atoms with Crippen LogP contribution in [0.5, 0.6) is 0 Å². The van der Waals surface area contributed by atoms with Crippen LogP contribution in [0.15, 0.2) is 24.3 Å². The highest BCUT2D eigenvalue weighted by Gasteiger charge is 2.24. The fourth-order valence-corrected chi connectivity index (χ4v) is 1.54. The summed E-state index contributed by atoms with van der Waals surface area (Å²) in [6, 6.07) is 7.56. The van der Waals surface area contributed by atoms with Gasteiger partial charge in [0.2, 0.25) is 5.91 Å². The summed E-state index contributed by atoms with van der Waals surface area (Å²) in [5, 5.41) is 0. The van der Waals surface area contributed by atoms with Crippen LogP contribution in [0, 0.1) is 0 Å². The van der Waals surface area contributed by atoms with Crippen molar-refractivity contribution in [1.82, 2.24) is 4.90 Å². The molecule has 0 unspecified atom stereocenters. The minimum Gasteiger partial charge on any atom is -0.444 e. The molecule has 2 amide bonds. The molecule has 1 aliphatic rings. The maximum atomic E-state index is 11.4. The molecule has 1 heterocycles. The fourth-order valence-electron chi connectivity index (χ4n) is 1.54. The topological polar surface area (TPSA) is 46.6 Å². The van der Waals surface area contributed by atoms with E-state index in [4.69, 9.17) is 4.74 Å². The molecule has 0 radical (unpaired) electrons. The second kappa shape index (κ2) is 3.73. The van der Waals surface area contributed by atoms with Crippen molar-refractivity contribution in [3.8, 4) is 0 Å². The minimum atomic E-state index is -0.571.